The number of ketones is 1. The third kappa shape index (κ3) is 1.40. The molecule has 0 aliphatic heterocycles. The van der Waals surface area contributed by atoms with Crippen molar-refractivity contribution >= 4 is 27.8 Å². The van der Waals surface area contributed by atoms with E-state index in [0.29, 0.717) is 5.78 Å². The third-order valence-electron chi connectivity index (χ3n) is 3.83. The van der Waals surface area contributed by atoms with Crippen LogP contribution in [0.3, 0.4) is 0 Å². The highest BCUT2D eigenvalue weighted by molar-refractivity contribution is 9.10. The average Bonchev–Trinajstić information content (AvgIpc) is 2.64. The first-order chi connectivity index (χ1) is 7.71. The van der Waals surface area contributed by atoms with Gasteiger partial charge >= 0.3 is 0 Å². The normalized spacial score (nSPS) is 21.4. The molecular weight excluding hydrogens is 264 g/mol. The summed E-state index contributed by atoms with van der Waals surface area (Å²) in [7, 11) is 0. The Morgan fingerprint density at radius 2 is 1.94 bits per heavy atom. The van der Waals surface area contributed by atoms with Gasteiger partial charge in [0, 0.05) is 22.7 Å². The van der Waals surface area contributed by atoms with Crippen LogP contribution in [-0.2, 0) is 10.2 Å². The van der Waals surface area contributed by atoms with Gasteiger partial charge in [0.1, 0.15) is 5.78 Å². The summed E-state index contributed by atoms with van der Waals surface area (Å²) >= 11 is 3.65. The van der Waals surface area contributed by atoms with Crippen LogP contribution in [0, 0.1) is 0 Å². The van der Waals surface area contributed by atoms with Crippen LogP contribution < -0.4 is 0 Å². The Labute approximate surface area is 104 Å². The number of carbonyl (C=O) groups is 1. The molecule has 1 aromatic carbocycles. The second-order valence-electron chi connectivity index (χ2n) is 4.73. The monoisotopic (exact) mass is 276 g/mol. The molecule has 1 fully saturated rings. The van der Waals surface area contributed by atoms with Gasteiger partial charge < -0.3 is 0 Å². The van der Waals surface area contributed by atoms with E-state index in [1.54, 1.807) is 0 Å². The van der Waals surface area contributed by atoms with Crippen LogP contribution in [0.1, 0.15) is 36.8 Å². The number of benzene rings is 1. The zero-order chi connectivity index (χ0) is 11.2. The molecule has 2 heteroatoms. The van der Waals surface area contributed by atoms with E-state index in [9.17, 15) is 4.79 Å². The van der Waals surface area contributed by atoms with Gasteiger partial charge in [-0.1, -0.05) is 40.2 Å². The van der Waals surface area contributed by atoms with Gasteiger partial charge in [0.25, 0.3) is 0 Å². The number of allylic oxidation sites excluding steroid dienone is 1. The Morgan fingerprint density at radius 1 is 1.19 bits per heavy atom. The van der Waals surface area contributed by atoms with Crippen molar-refractivity contribution in [1.29, 1.82) is 0 Å². The lowest BCUT2D eigenvalue weighted by molar-refractivity contribution is -0.121. The van der Waals surface area contributed by atoms with Gasteiger partial charge in [0.2, 0.25) is 0 Å². The largest absolute Gasteiger partial charge is 0.300 e. The highest BCUT2D eigenvalue weighted by Crippen LogP contribution is 2.48. The molecule has 0 bridgehead atoms. The van der Waals surface area contributed by atoms with E-state index in [2.05, 4.69) is 46.3 Å². The van der Waals surface area contributed by atoms with Crippen molar-refractivity contribution in [3.63, 3.8) is 0 Å². The lowest BCUT2D eigenvalue weighted by Crippen LogP contribution is -2.29. The summed E-state index contributed by atoms with van der Waals surface area (Å²) in [6.45, 7) is 0. The number of fused-ring (bicyclic) bond motifs is 2. The SMILES string of the molecule is O=C1CCC2(C=Cc3cccc(Br)c32)CC1. The van der Waals surface area contributed by atoms with E-state index in [1.165, 1.54) is 15.6 Å². The molecule has 0 saturated heterocycles. The fourth-order valence-electron chi connectivity index (χ4n) is 2.93. The Kier molecular flexibility index (Phi) is 2.28. The maximum atomic E-state index is 11.4. The predicted molar refractivity (Wildman–Crippen MR) is 68.3 cm³/mol. The van der Waals surface area contributed by atoms with Crippen LogP contribution in [0.15, 0.2) is 28.7 Å². The van der Waals surface area contributed by atoms with Crippen molar-refractivity contribution < 1.29 is 4.79 Å². The third-order valence-corrected chi connectivity index (χ3v) is 4.49. The van der Waals surface area contributed by atoms with Gasteiger partial charge in [-0.2, -0.15) is 0 Å². The highest BCUT2D eigenvalue weighted by atomic mass is 79.9. The maximum absolute atomic E-state index is 11.4. The number of hydrogen-bond acceptors (Lipinski definition) is 1. The molecule has 1 saturated carbocycles. The zero-order valence-electron chi connectivity index (χ0n) is 9.00. The molecule has 82 valence electrons. The number of hydrogen-bond donors (Lipinski definition) is 0. The summed E-state index contributed by atoms with van der Waals surface area (Å²) in [6.07, 6.45) is 7.90. The topological polar surface area (TPSA) is 17.1 Å². The van der Waals surface area contributed by atoms with Crippen molar-refractivity contribution in [3.05, 3.63) is 39.9 Å². The van der Waals surface area contributed by atoms with Gasteiger partial charge in [-0.05, 0) is 30.0 Å². The molecule has 1 aromatic rings. The Balaban J connectivity index is 2.08. The second kappa shape index (κ2) is 3.56. The molecule has 1 nitrogen and oxygen atoms in total. The van der Waals surface area contributed by atoms with E-state index in [0.717, 1.165) is 25.7 Å². The molecule has 0 atom stereocenters. The Hall–Kier alpha value is -0.890. The minimum absolute atomic E-state index is 0.128. The van der Waals surface area contributed by atoms with Gasteiger partial charge in [-0.3, -0.25) is 4.79 Å². The second-order valence-corrected chi connectivity index (χ2v) is 5.59. The number of rotatable bonds is 0. The molecule has 0 heterocycles. The summed E-state index contributed by atoms with van der Waals surface area (Å²) in [6, 6.07) is 6.33. The van der Waals surface area contributed by atoms with Crippen LogP contribution in [0.4, 0.5) is 0 Å². The molecule has 3 rings (SSSR count). The molecule has 0 N–H and O–H groups in total. The van der Waals surface area contributed by atoms with Crippen molar-refractivity contribution in [2.75, 3.05) is 0 Å². The molecule has 0 amide bonds. The zero-order valence-corrected chi connectivity index (χ0v) is 10.6. The summed E-state index contributed by atoms with van der Waals surface area (Å²) in [5, 5.41) is 0. The van der Waals surface area contributed by atoms with E-state index in [1.807, 2.05) is 0 Å². The smallest absolute Gasteiger partial charge is 0.133 e. The number of Topliss-reactive ketones (excluding diaryl/α,β-unsaturated/α-hetero) is 1. The van der Waals surface area contributed by atoms with E-state index >= 15 is 0 Å². The fraction of sp³-hybridized carbons (Fsp3) is 0.357. The average molecular weight is 277 g/mol. The van der Waals surface area contributed by atoms with Crippen LogP contribution in [0.2, 0.25) is 0 Å². The van der Waals surface area contributed by atoms with Gasteiger partial charge in [0.15, 0.2) is 0 Å². The van der Waals surface area contributed by atoms with Crippen molar-refractivity contribution in [2.45, 2.75) is 31.1 Å². The van der Waals surface area contributed by atoms with Crippen LogP contribution in [0.5, 0.6) is 0 Å². The van der Waals surface area contributed by atoms with Crippen LogP contribution in [-0.4, -0.2) is 5.78 Å². The van der Waals surface area contributed by atoms with Gasteiger partial charge in [0.05, 0.1) is 0 Å². The van der Waals surface area contributed by atoms with Crippen molar-refractivity contribution in [3.8, 4) is 0 Å². The van der Waals surface area contributed by atoms with E-state index in [4.69, 9.17) is 0 Å². The maximum Gasteiger partial charge on any atom is 0.133 e. The van der Waals surface area contributed by atoms with Gasteiger partial charge in [-0.15, -0.1) is 0 Å². The minimum Gasteiger partial charge on any atom is -0.300 e. The predicted octanol–water partition coefficient (Wildman–Crippen LogP) is 3.86. The number of halogens is 1. The summed E-state index contributed by atoms with van der Waals surface area (Å²) < 4.78 is 1.18. The molecule has 0 aromatic heterocycles. The molecular formula is C14H13BrO. The van der Waals surface area contributed by atoms with Crippen molar-refractivity contribution in [1.82, 2.24) is 0 Å². The number of carbonyl (C=O) groups excluding carboxylic acids is 1. The summed E-state index contributed by atoms with van der Waals surface area (Å²) in [5.74, 6) is 0.416. The fourth-order valence-corrected chi connectivity index (χ4v) is 3.71. The first kappa shape index (κ1) is 10.3. The summed E-state index contributed by atoms with van der Waals surface area (Å²) in [4.78, 5) is 11.4. The lowest BCUT2D eigenvalue weighted by atomic mass is 9.71. The van der Waals surface area contributed by atoms with Crippen LogP contribution in [0.25, 0.3) is 6.08 Å². The standard InChI is InChI=1S/C14H13BrO/c15-12-3-1-2-10-4-7-14(13(10)12)8-5-11(16)6-9-14/h1-4,7H,5-6,8-9H2. The molecule has 0 radical (unpaired) electrons. The first-order valence-electron chi connectivity index (χ1n) is 5.71. The molecule has 1 spiro atoms. The highest BCUT2D eigenvalue weighted by Gasteiger charge is 2.39. The van der Waals surface area contributed by atoms with Crippen molar-refractivity contribution in [2.24, 2.45) is 0 Å². The Bertz CT molecular complexity index is 478. The molecule has 2 aliphatic carbocycles. The minimum atomic E-state index is 0.128. The quantitative estimate of drug-likeness (QED) is 0.703. The molecule has 2 aliphatic rings. The van der Waals surface area contributed by atoms with Gasteiger partial charge in [-0.25, -0.2) is 0 Å². The van der Waals surface area contributed by atoms with Crippen LogP contribution >= 0.6 is 15.9 Å². The lowest BCUT2D eigenvalue weighted by Gasteiger charge is -2.33. The molecule has 0 unspecified atom stereocenters. The summed E-state index contributed by atoms with van der Waals surface area (Å²) in [5.41, 5.74) is 2.83. The van der Waals surface area contributed by atoms with E-state index in [-0.39, 0.29) is 5.41 Å². The van der Waals surface area contributed by atoms with E-state index < -0.39 is 0 Å². The Morgan fingerprint density at radius 3 is 2.69 bits per heavy atom. The first-order valence-corrected chi connectivity index (χ1v) is 6.51. The molecule has 16 heavy (non-hydrogen) atoms.